The maximum atomic E-state index is 12.3. The van der Waals surface area contributed by atoms with Crippen LogP contribution in [0.2, 0.25) is 0 Å². The van der Waals surface area contributed by atoms with Crippen LogP contribution >= 0.6 is 0 Å². The second kappa shape index (κ2) is 7.07. The third kappa shape index (κ3) is 3.79. The van der Waals surface area contributed by atoms with Gasteiger partial charge in [-0.2, -0.15) is 0 Å². The molecule has 10 nitrogen and oxygen atoms in total. The van der Waals surface area contributed by atoms with E-state index in [0.29, 0.717) is 11.4 Å². The Hall–Kier alpha value is -3.30. The SMILES string of the molecule is Cc1c(C(=O)NC(C)C(C)C(=O)O)nnn1-c1cccc([N+](=O)[O-])c1. The summed E-state index contributed by atoms with van der Waals surface area (Å²) >= 11 is 0. The van der Waals surface area contributed by atoms with Crippen molar-refractivity contribution in [2.45, 2.75) is 26.8 Å². The highest BCUT2D eigenvalue weighted by atomic mass is 16.6. The van der Waals surface area contributed by atoms with E-state index < -0.39 is 28.8 Å². The van der Waals surface area contributed by atoms with E-state index in [1.165, 1.54) is 29.8 Å². The van der Waals surface area contributed by atoms with Gasteiger partial charge in [0.05, 0.1) is 22.2 Å². The molecule has 0 bridgehead atoms. The summed E-state index contributed by atoms with van der Waals surface area (Å²) in [4.78, 5) is 33.6. The molecule has 2 N–H and O–H groups in total. The summed E-state index contributed by atoms with van der Waals surface area (Å²) in [5, 5.41) is 30.1. The zero-order chi connectivity index (χ0) is 18.7. The molecule has 0 saturated carbocycles. The van der Waals surface area contributed by atoms with Crippen molar-refractivity contribution in [3.63, 3.8) is 0 Å². The number of carboxylic acid groups (broad SMARTS) is 1. The van der Waals surface area contributed by atoms with Gasteiger partial charge in [0.2, 0.25) is 0 Å². The molecule has 1 heterocycles. The van der Waals surface area contributed by atoms with E-state index in [1.807, 2.05) is 0 Å². The Bertz CT molecular complexity index is 831. The van der Waals surface area contributed by atoms with Crippen molar-refractivity contribution in [3.8, 4) is 5.69 Å². The summed E-state index contributed by atoms with van der Waals surface area (Å²) < 4.78 is 1.31. The van der Waals surface area contributed by atoms with Crippen LogP contribution in [-0.4, -0.2) is 42.9 Å². The third-order valence-corrected chi connectivity index (χ3v) is 3.89. The lowest BCUT2D eigenvalue weighted by molar-refractivity contribution is -0.384. The normalized spacial score (nSPS) is 13.1. The summed E-state index contributed by atoms with van der Waals surface area (Å²) in [7, 11) is 0. The second-order valence-electron chi connectivity index (χ2n) is 5.60. The third-order valence-electron chi connectivity index (χ3n) is 3.89. The molecular formula is C15H17N5O5. The van der Waals surface area contributed by atoms with Crippen LogP contribution in [0.15, 0.2) is 24.3 Å². The fourth-order valence-corrected chi connectivity index (χ4v) is 2.14. The summed E-state index contributed by atoms with van der Waals surface area (Å²) in [5.41, 5.74) is 0.691. The van der Waals surface area contributed by atoms with Gasteiger partial charge >= 0.3 is 5.97 Å². The molecule has 0 saturated heterocycles. The lowest BCUT2D eigenvalue weighted by Gasteiger charge is -2.17. The van der Waals surface area contributed by atoms with Crippen molar-refractivity contribution in [2.24, 2.45) is 5.92 Å². The van der Waals surface area contributed by atoms with E-state index in [1.54, 1.807) is 19.9 Å². The van der Waals surface area contributed by atoms with Crippen molar-refractivity contribution in [2.75, 3.05) is 0 Å². The van der Waals surface area contributed by atoms with Gasteiger partial charge in [0.25, 0.3) is 11.6 Å². The predicted molar refractivity (Wildman–Crippen MR) is 86.5 cm³/mol. The molecule has 2 atom stereocenters. The minimum absolute atomic E-state index is 0.0240. The maximum Gasteiger partial charge on any atom is 0.308 e. The Kier molecular flexibility index (Phi) is 5.11. The van der Waals surface area contributed by atoms with E-state index in [4.69, 9.17) is 5.11 Å². The minimum atomic E-state index is -1.02. The van der Waals surface area contributed by atoms with Crippen LogP contribution in [0.25, 0.3) is 5.69 Å². The lowest BCUT2D eigenvalue weighted by atomic mass is 10.0. The van der Waals surface area contributed by atoms with Crippen LogP contribution < -0.4 is 5.32 Å². The number of nitro benzene ring substituents is 1. The molecule has 0 spiro atoms. The van der Waals surface area contributed by atoms with Crippen LogP contribution in [-0.2, 0) is 4.79 Å². The zero-order valence-electron chi connectivity index (χ0n) is 13.8. The van der Waals surface area contributed by atoms with E-state index in [9.17, 15) is 19.7 Å². The summed E-state index contributed by atoms with van der Waals surface area (Å²) in [6.45, 7) is 4.66. The van der Waals surface area contributed by atoms with E-state index in [2.05, 4.69) is 15.6 Å². The molecule has 1 amide bonds. The Morgan fingerprint density at radius 2 is 2.04 bits per heavy atom. The number of hydrogen-bond acceptors (Lipinski definition) is 6. The Labute approximate surface area is 142 Å². The molecule has 0 radical (unpaired) electrons. The summed E-state index contributed by atoms with van der Waals surface area (Å²) in [6, 6.07) is 5.17. The lowest BCUT2D eigenvalue weighted by Crippen LogP contribution is -2.40. The number of benzene rings is 1. The molecule has 2 aromatic rings. The van der Waals surface area contributed by atoms with Crippen LogP contribution in [0.3, 0.4) is 0 Å². The fourth-order valence-electron chi connectivity index (χ4n) is 2.14. The first-order valence-corrected chi connectivity index (χ1v) is 7.43. The number of nitrogens with one attached hydrogen (secondary N) is 1. The van der Waals surface area contributed by atoms with Gasteiger partial charge in [-0.15, -0.1) is 5.10 Å². The van der Waals surface area contributed by atoms with Gasteiger partial charge < -0.3 is 10.4 Å². The number of carbonyl (C=O) groups is 2. The van der Waals surface area contributed by atoms with E-state index in [0.717, 1.165) is 0 Å². The second-order valence-corrected chi connectivity index (χ2v) is 5.60. The van der Waals surface area contributed by atoms with E-state index >= 15 is 0 Å². The van der Waals surface area contributed by atoms with Crippen molar-refractivity contribution >= 4 is 17.6 Å². The molecule has 2 unspecified atom stereocenters. The molecular weight excluding hydrogens is 330 g/mol. The van der Waals surface area contributed by atoms with Gasteiger partial charge in [-0.1, -0.05) is 11.3 Å². The van der Waals surface area contributed by atoms with Crippen molar-refractivity contribution in [3.05, 3.63) is 45.8 Å². The molecule has 1 aromatic carbocycles. The summed E-state index contributed by atoms with van der Waals surface area (Å²) in [6.07, 6.45) is 0. The first-order chi connectivity index (χ1) is 11.7. The molecule has 1 aromatic heterocycles. The van der Waals surface area contributed by atoms with Crippen LogP contribution in [0.1, 0.15) is 30.0 Å². The van der Waals surface area contributed by atoms with Crippen LogP contribution in [0.4, 0.5) is 5.69 Å². The topological polar surface area (TPSA) is 140 Å². The quantitative estimate of drug-likeness (QED) is 0.593. The first kappa shape index (κ1) is 18.0. The number of nitro groups is 1. The van der Waals surface area contributed by atoms with Gasteiger partial charge in [-0.05, 0) is 26.8 Å². The van der Waals surface area contributed by atoms with Gasteiger partial charge in [-0.25, -0.2) is 4.68 Å². The minimum Gasteiger partial charge on any atom is -0.481 e. The van der Waals surface area contributed by atoms with Crippen molar-refractivity contribution < 1.29 is 19.6 Å². The number of carbonyl (C=O) groups excluding carboxylic acids is 1. The number of aliphatic carboxylic acids is 1. The number of nitrogens with zero attached hydrogens (tertiary/aromatic N) is 4. The standard InChI is InChI=1S/C15H17N5O5/c1-8(15(22)23)9(2)16-14(21)13-10(3)19(18-17-13)11-5-4-6-12(7-11)20(24)25/h4-9H,1-3H3,(H,16,21)(H,22,23). The number of aromatic nitrogens is 3. The monoisotopic (exact) mass is 347 g/mol. The zero-order valence-corrected chi connectivity index (χ0v) is 13.8. The average molecular weight is 347 g/mol. The largest absolute Gasteiger partial charge is 0.481 e. The highest BCUT2D eigenvalue weighted by Gasteiger charge is 2.24. The fraction of sp³-hybridized carbons (Fsp3) is 0.333. The summed E-state index contributed by atoms with van der Waals surface area (Å²) in [5.74, 6) is -2.35. The number of amides is 1. The van der Waals surface area contributed by atoms with Gasteiger partial charge in [0.15, 0.2) is 5.69 Å². The highest BCUT2D eigenvalue weighted by Crippen LogP contribution is 2.18. The molecule has 0 aliphatic rings. The Morgan fingerprint density at radius 3 is 2.64 bits per heavy atom. The average Bonchev–Trinajstić information content (AvgIpc) is 2.95. The number of hydrogen-bond donors (Lipinski definition) is 2. The molecule has 0 aliphatic carbocycles. The highest BCUT2D eigenvalue weighted by molar-refractivity contribution is 5.93. The number of rotatable bonds is 6. The van der Waals surface area contributed by atoms with Gasteiger partial charge in [0, 0.05) is 18.2 Å². The first-order valence-electron chi connectivity index (χ1n) is 7.43. The molecule has 132 valence electrons. The van der Waals surface area contributed by atoms with Gasteiger partial charge in [-0.3, -0.25) is 19.7 Å². The maximum absolute atomic E-state index is 12.3. The molecule has 10 heteroatoms. The molecule has 25 heavy (non-hydrogen) atoms. The predicted octanol–water partition coefficient (Wildman–Crippen LogP) is 1.32. The smallest absolute Gasteiger partial charge is 0.308 e. The Balaban J connectivity index is 2.26. The van der Waals surface area contributed by atoms with Crippen molar-refractivity contribution in [1.82, 2.24) is 20.3 Å². The molecule has 0 aliphatic heterocycles. The van der Waals surface area contributed by atoms with Crippen LogP contribution in [0.5, 0.6) is 0 Å². The number of non-ortho nitro benzene ring substituents is 1. The molecule has 0 fully saturated rings. The van der Waals surface area contributed by atoms with Crippen LogP contribution in [0, 0.1) is 23.0 Å². The van der Waals surface area contributed by atoms with Crippen molar-refractivity contribution in [1.29, 1.82) is 0 Å². The Morgan fingerprint density at radius 1 is 1.36 bits per heavy atom. The number of carboxylic acids is 1. The van der Waals surface area contributed by atoms with Gasteiger partial charge in [0.1, 0.15) is 0 Å². The van der Waals surface area contributed by atoms with E-state index in [-0.39, 0.29) is 11.4 Å². The molecule has 2 rings (SSSR count).